The maximum absolute atomic E-state index is 13.6. The molecule has 1 unspecified atom stereocenters. The second kappa shape index (κ2) is 10.3. The minimum Gasteiger partial charge on any atom is -0.321 e. The molecule has 0 aliphatic carbocycles. The van der Waals surface area contributed by atoms with Crippen molar-refractivity contribution < 1.29 is 0 Å². The monoisotopic (exact) mass is 512 g/mol. The van der Waals surface area contributed by atoms with E-state index in [1.54, 1.807) is 0 Å². The molecule has 0 bridgehead atoms. The third-order valence-electron chi connectivity index (χ3n) is 7.12. The Labute approximate surface area is 221 Å². The molecule has 0 amide bonds. The predicted molar refractivity (Wildman–Crippen MR) is 147 cm³/mol. The van der Waals surface area contributed by atoms with Crippen molar-refractivity contribution in [3.8, 4) is 0 Å². The van der Waals surface area contributed by atoms with Crippen molar-refractivity contribution >= 4 is 23.3 Å². The number of nitrogens with zero attached hydrogens (tertiary/aromatic N) is 5. The van der Waals surface area contributed by atoms with Gasteiger partial charge in [-0.2, -0.15) is 0 Å². The van der Waals surface area contributed by atoms with Crippen LogP contribution in [0.2, 0.25) is 0 Å². The largest absolute Gasteiger partial charge is 0.321 e. The fourth-order valence-electron chi connectivity index (χ4n) is 5.42. The van der Waals surface area contributed by atoms with E-state index in [-0.39, 0.29) is 24.0 Å². The summed E-state index contributed by atoms with van der Waals surface area (Å²) in [4.78, 5) is 19.1. The van der Waals surface area contributed by atoms with Crippen molar-refractivity contribution in [3.63, 3.8) is 0 Å². The molecule has 8 heteroatoms. The van der Waals surface area contributed by atoms with Gasteiger partial charge in [-0.25, -0.2) is 4.68 Å². The van der Waals surface area contributed by atoms with Crippen LogP contribution in [0, 0.1) is 13.8 Å². The number of rotatable bonds is 5. The average Bonchev–Trinajstić information content (AvgIpc) is 3.33. The summed E-state index contributed by atoms with van der Waals surface area (Å²) < 4.78 is 1.83. The Morgan fingerprint density at radius 2 is 1.73 bits per heavy atom. The second-order valence-electron chi connectivity index (χ2n) is 9.67. The lowest BCUT2D eigenvalue weighted by molar-refractivity contribution is 0.194. The fourth-order valence-corrected chi connectivity index (χ4v) is 5.42. The summed E-state index contributed by atoms with van der Waals surface area (Å²) in [6, 6.07) is 24.5. The van der Waals surface area contributed by atoms with Crippen LogP contribution in [0.1, 0.15) is 45.2 Å². The molecule has 5 aromatic rings. The maximum Gasteiger partial charge on any atom is 0.253 e. The number of nitrogens with one attached hydrogen (secondary N) is 1. The summed E-state index contributed by atoms with van der Waals surface area (Å²) in [5, 5.41) is 13.9. The number of aryl methyl sites for hydroxylation is 2. The van der Waals surface area contributed by atoms with Crippen LogP contribution in [-0.4, -0.2) is 36.6 Å². The molecule has 6 rings (SSSR count). The molecular formula is C29H29ClN6O. The molecule has 1 atom stereocenters. The fraction of sp³-hybridized carbons (Fsp3) is 0.241. The summed E-state index contributed by atoms with van der Waals surface area (Å²) in [5.41, 5.74) is 7.40. The van der Waals surface area contributed by atoms with Crippen LogP contribution >= 0.6 is 12.4 Å². The van der Waals surface area contributed by atoms with Crippen LogP contribution < -0.4 is 5.56 Å². The number of aromatic amines is 1. The van der Waals surface area contributed by atoms with E-state index < -0.39 is 0 Å². The highest BCUT2D eigenvalue weighted by molar-refractivity contribution is 5.85. The number of pyridine rings is 1. The summed E-state index contributed by atoms with van der Waals surface area (Å²) in [6.45, 7) is 6.18. The molecule has 37 heavy (non-hydrogen) atoms. The van der Waals surface area contributed by atoms with Gasteiger partial charge in [0.15, 0.2) is 5.82 Å². The Bertz CT molecular complexity index is 1610. The lowest BCUT2D eigenvalue weighted by atomic mass is 9.95. The van der Waals surface area contributed by atoms with Crippen LogP contribution in [0.4, 0.5) is 0 Å². The Morgan fingerprint density at radius 1 is 0.973 bits per heavy atom. The average molecular weight is 513 g/mol. The van der Waals surface area contributed by atoms with Gasteiger partial charge in [0.2, 0.25) is 0 Å². The van der Waals surface area contributed by atoms with E-state index in [9.17, 15) is 4.79 Å². The SMILES string of the molecule is Cc1cc(C)c2[nH]c(=O)c(C(c3nnnn3Cc3ccccc3)N3CCc4ccccc4C3)cc2c1.Cl. The van der Waals surface area contributed by atoms with Crippen molar-refractivity contribution in [2.75, 3.05) is 6.54 Å². The van der Waals surface area contributed by atoms with Crippen LogP contribution in [-0.2, 0) is 19.5 Å². The lowest BCUT2D eigenvalue weighted by Gasteiger charge is -2.34. The zero-order valence-corrected chi connectivity index (χ0v) is 21.7. The van der Waals surface area contributed by atoms with Crippen molar-refractivity contribution in [3.05, 3.63) is 122 Å². The highest BCUT2D eigenvalue weighted by Crippen LogP contribution is 2.32. The standard InChI is InChI=1S/C29H28N6O.ClH/c1-19-14-20(2)26-24(15-19)16-25(29(36)30-26)27(34-13-12-22-10-6-7-11-23(22)18-34)28-31-32-33-35(28)17-21-8-4-3-5-9-21;/h3-11,14-16,27H,12-13,17-18H2,1-2H3,(H,30,36);1H. The van der Waals surface area contributed by atoms with E-state index in [4.69, 9.17) is 0 Å². The van der Waals surface area contributed by atoms with Crippen LogP contribution in [0.15, 0.2) is 77.6 Å². The normalized spacial score (nSPS) is 14.2. The van der Waals surface area contributed by atoms with Gasteiger partial charge in [0.1, 0.15) is 6.04 Å². The zero-order chi connectivity index (χ0) is 24.6. The van der Waals surface area contributed by atoms with E-state index in [2.05, 4.69) is 80.9 Å². The smallest absolute Gasteiger partial charge is 0.253 e. The minimum atomic E-state index is -0.383. The molecule has 0 radical (unpaired) electrons. The van der Waals surface area contributed by atoms with Gasteiger partial charge in [-0.15, -0.1) is 17.5 Å². The first-order chi connectivity index (χ1) is 17.6. The van der Waals surface area contributed by atoms with Gasteiger partial charge in [0.05, 0.1) is 12.1 Å². The van der Waals surface area contributed by atoms with E-state index >= 15 is 0 Å². The molecule has 0 fully saturated rings. The van der Waals surface area contributed by atoms with Gasteiger partial charge < -0.3 is 4.98 Å². The Balaban J connectivity index is 0.00000280. The molecule has 2 aromatic heterocycles. The van der Waals surface area contributed by atoms with Crippen molar-refractivity contribution in [2.45, 2.75) is 39.4 Å². The van der Waals surface area contributed by atoms with Crippen molar-refractivity contribution in [2.24, 2.45) is 0 Å². The van der Waals surface area contributed by atoms with Gasteiger partial charge >= 0.3 is 0 Å². The topological polar surface area (TPSA) is 79.7 Å². The number of aromatic nitrogens is 5. The second-order valence-corrected chi connectivity index (χ2v) is 9.67. The first kappa shape index (κ1) is 24.9. The number of benzene rings is 3. The molecule has 1 aliphatic rings. The first-order valence-electron chi connectivity index (χ1n) is 12.3. The molecule has 1 aliphatic heterocycles. The molecule has 0 saturated heterocycles. The number of halogens is 1. The number of fused-ring (bicyclic) bond motifs is 2. The van der Waals surface area contributed by atoms with Gasteiger partial charge in [-0.3, -0.25) is 9.69 Å². The minimum absolute atomic E-state index is 0. The summed E-state index contributed by atoms with van der Waals surface area (Å²) in [7, 11) is 0. The molecule has 3 heterocycles. The highest BCUT2D eigenvalue weighted by atomic mass is 35.5. The summed E-state index contributed by atoms with van der Waals surface area (Å²) in [6.07, 6.45) is 0.913. The van der Waals surface area contributed by atoms with Crippen LogP contribution in [0.5, 0.6) is 0 Å². The molecule has 3 aromatic carbocycles. The third-order valence-corrected chi connectivity index (χ3v) is 7.12. The Kier molecular flexibility index (Phi) is 6.91. The highest BCUT2D eigenvalue weighted by Gasteiger charge is 2.32. The van der Waals surface area contributed by atoms with E-state index in [1.165, 1.54) is 11.1 Å². The van der Waals surface area contributed by atoms with E-state index in [0.717, 1.165) is 47.1 Å². The maximum atomic E-state index is 13.6. The van der Waals surface area contributed by atoms with Crippen LogP contribution in [0.25, 0.3) is 10.9 Å². The van der Waals surface area contributed by atoms with Gasteiger partial charge in [0, 0.05) is 18.7 Å². The number of H-pyrrole nitrogens is 1. The molecule has 0 spiro atoms. The summed E-state index contributed by atoms with van der Waals surface area (Å²) >= 11 is 0. The van der Waals surface area contributed by atoms with Gasteiger partial charge in [-0.05, 0) is 70.5 Å². The van der Waals surface area contributed by atoms with E-state index in [1.807, 2.05) is 35.9 Å². The van der Waals surface area contributed by atoms with Gasteiger partial charge in [0.25, 0.3) is 5.56 Å². The molecule has 1 N–H and O–H groups in total. The van der Waals surface area contributed by atoms with Crippen LogP contribution in [0.3, 0.4) is 0 Å². The molecule has 0 saturated carbocycles. The van der Waals surface area contributed by atoms with E-state index in [0.29, 0.717) is 17.9 Å². The Morgan fingerprint density at radius 3 is 2.54 bits per heavy atom. The molecule has 188 valence electrons. The zero-order valence-electron chi connectivity index (χ0n) is 20.9. The van der Waals surface area contributed by atoms with Crippen molar-refractivity contribution in [1.29, 1.82) is 0 Å². The van der Waals surface area contributed by atoms with Gasteiger partial charge in [-0.1, -0.05) is 66.2 Å². The van der Waals surface area contributed by atoms with Crippen molar-refractivity contribution in [1.82, 2.24) is 30.1 Å². The molecule has 7 nitrogen and oxygen atoms in total. The summed E-state index contributed by atoms with van der Waals surface area (Å²) in [5.74, 6) is 0.674. The quantitative estimate of drug-likeness (QED) is 0.367. The predicted octanol–water partition coefficient (Wildman–Crippen LogP) is 4.75. The number of hydrogen-bond acceptors (Lipinski definition) is 5. The lowest BCUT2D eigenvalue weighted by Crippen LogP contribution is -2.38. The number of tetrazole rings is 1. The molecular weight excluding hydrogens is 484 g/mol. The first-order valence-corrected chi connectivity index (χ1v) is 12.3. The Hall–Kier alpha value is -3.81. The number of hydrogen-bond donors (Lipinski definition) is 1. The third kappa shape index (κ3) is 4.80.